The van der Waals surface area contributed by atoms with Gasteiger partial charge in [-0.25, -0.2) is 14.2 Å². The first kappa shape index (κ1) is 13.9. The molecule has 2 amide bonds. The zero-order chi connectivity index (χ0) is 14.8. The predicted octanol–water partition coefficient (Wildman–Crippen LogP) is 3.67. The molecule has 108 valence electrons. The van der Waals surface area contributed by atoms with E-state index in [9.17, 15) is 9.18 Å². The maximum Gasteiger partial charge on any atom is 0.326 e. The number of carbonyl (C=O) groups excluding carboxylic acids is 1. The molecule has 6 heteroatoms. The van der Waals surface area contributed by atoms with Gasteiger partial charge in [-0.05, 0) is 36.8 Å². The second kappa shape index (κ2) is 5.73. The van der Waals surface area contributed by atoms with Crippen LogP contribution in [0.15, 0.2) is 41.6 Å². The lowest BCUT2D eigenvalue weighted by Gasteiger charge is -2.28. The number of rotatable bonds is 1. The highest BCUT2D eigenvalue weighted by Gasteiger charge is 2.23. The number of pyridine rings is 1. The molecule has 4 nitrogen and oxygen atoms in total. The SMILES string of the molecule is Cc1ccc(NC(=O)N2CCSc3ncccc32)cc1F. The van der Waals surface area contributed by atoms with Crippen molar-refractivity contribution in [3.05, 3.63) is 47.9 Å². The van der Waals surface area contributed by atoms with Crippen LogP contribution in [0.25, 0.3) is 0 Å². The lowest BCUT2D eigenvalue weighted by molar-refractivity contribution is 0.257. The highest BCUT2D eigenvalue weighted by molar-refractivity contribution is 7.99. The number of fused-ring (bicyclic) bond motifs is 1. The van der Waals surface area contributed by atoms with Crippen LogP contribution >= 0.6 is 11.8 Å². The molecule has 2 aromatic rings. The quantitative estimate of drug-likeness (QED) is 0.874. The van der Waals surface area contributed by atoms with E-state index < -0.39 is 0 Å². The Labute approximate surface area is 126 Å². The van der Waals surface area contributed by atoms with Gasteiger partial charge >= 0.3 is 6.03 Å². The standard InChI is InChI=1S/C15H14FN3OS/c1-10-4-5-11(9-12(10)16)18-15(20)19-7-8-21-14-13(19)3-2-6-17-14/h2-6,9H,7-8H2,1H3,(H,18,20). The van der Waals surface area contributed by atoms with Crippen molar-refractivity contribution >= 4 is 29.2 Å². The Morgan fingerprint density at radius 3 is 3.10 bits per heavy atom. The summed E-state index contributed by atoms with van der Waals surface area (Å²) in [4.78, 5) is 18.3. The molecular formula is C15H14FN3OS. The van der Waals surface area contributed by atoms with Crippen LogP contribution in [0.3, 0.4) is 0 Å². The van der Waals surface area contributed by atoms with Crippen molar-refractivity contribution in [3.8, 4) is 0 Å². The van der Waals surface area contributed by atoms with Gasteiger partial charge in [0.1, 0.15) is 10.8 Å². The number of nitrogens with zero attached hydrogens (tertiary/aromatic N) is 2. The number of nitrogens with one attached hydrogen (secondary N) is 1. The average Bonchev–Trinajstić information content (AvgIpc) is 2.50. The molecule has 1 aromatic heterocycles. The van der Waals surface area contributed by atoms with E-state index in [1.807, 2.05) is 6.07 Å². The minimum absolute atomic E-state index is 0.271. The molecule has 1 aliphatic rings. The van der Waals surface area contributed by atoms with E-state index in [4.69, 9.17) is 0 Å². The van der Waals surface area contributed by atoms with Crippen molar-refractivity contribution in [2.24, 2.45) is 0 Å². The van der Waals surface area contributed by atoms with Crippen LogP contribution in [0, 0.1) is 12.7 Å². The second-order valence-corrected chi connectivity index (χ2v) is 5.81. The third-order valence-corrected chi connectivity index (χ3v) is 4.24. The molecule has 0 spiro atoms. The van der Waals surface area contributed by atoms with E-state index in [-0.39, 0.29) is 11.8 Å². The zero-order valence-corrected chi connectivity index (χ0v) is 12.3. The summed E-state index contributed by atoms with van der Waals surface area (Å²) in [6, 6.07) is 8.06. The zero-order valence-electron chi connectivity index (χ0n) is 11.5. The molecule has 0 unspecified atom stereocenters. The van der Waals surface area contributed by atoms with Crippen molar-refractivity contribution in [1.82, 2.24) is 4.98 Å². The number of aromatic nitrogens is 1. The molecule has 21 heavy (non-hydrogen) atoms. The molecule has 0 atom stereocenters. The van der Waals surface area contributed by atoms with Gasteiger partial charge in [-0.1, -0.05) is 6.07 Å². The van der Waals surface area contributed by atoms with E-state index >= 15 is 0 Å². The van der Waals surface area contributed by atoms with Gasteiger partial charge in [0.2, 0.25) is 0 Å². The van der Waals surface area contributed by atoms with Gasteiger partial charge in [-0.15, -0.1) is 11.8 Å². The molecule has 0 fully saturated rings. The van der Waals surface area contributed by atoms with E-state index in [0.717, 1.165) is 16.5 Å². The number of hydrogen-bond acceptors (Lipinski definition) is 3. The Balaban J connectivity index is 1.81. The van der Waals surface area contributed by atoms with Gasteiger partial charge in [0.15, 0.2) is 0 Å². The number of hydrogen-bond donors (Lipinski definition) is 1. The highest BCUT2D eigenvalue weighted by atomic mass is 32.2. The molecule has 0 saturated heterocycles. The van der Waals surface area contributed by atoms with Crippen molar-refractivity contribution in [3.63, 3.8) is 0 Å². The number of urea groups is 1. The normalized spacial score (nSPS) is 13.7. The Bertz CT molecular complexity index is 692. The first-order valence-electron chi connectivity index (χ1n) is 6.57. The molecular weight excluding hydrogens is 289 g/mol. The number of thioether (sulfide) groups is 1. The van der Waals surface area contributed by atoms with Crippen LogP contribution in [-0.4, -0.2) is 23.3 Å². The van der Waals surface area contributed by atoms with Gasteiger partial charge < -0.3 is 5.32 Å². The molecule has 0 saturated carbocycles. The number of aryl methyl sites for hydroxylation is 1. The Hall–Kier alpha value is -2.08. The second-order valence-electron chi connectivity index (χ2n) is 4.72. The molecule has 2 heterocycles. The van der Waals surface area contributed by atoms with Crippen molar-refractivity contribution < 1.29 is 9.18 Å². The van der Waals surface area contributed by atoms with Crippen LogP contribution in [-0.2, 0) is 0 Å². The number of benzene rings is 1. The summed E-state index contributed by atoms with van der Waals surface area (Å²) in [7, 11) is 0. The third-order valence-electron chi connectivity index (χ3n) is 3.26. The molecule has 1 aromatic carbocycles. The van der Waals surface area contributed by atoms with Crippen molar-refractivity contribution in [1.29, 1.82) is 0 Å². The van der Waals surface area contributed by atoms with Crippen LogP contribution in [0.1, 0.15) is 5.56 Å². The summed E-state index contributed by atoms with van der Waals surface area (Å²) in [5.41, 5.74) is 1.79. The largest absolute Gasteiger partial charge is 0.326 e. The summed E-state index contributed by atoms with van der Waals surface area (Å²) in [5, 5.41) is 3.57. The van der Waals surface area contributed by atoms with Gasteiger partial charge in [-0.2, -0.15) is 0 Å². The molecule has 1 N–H and O–H groups in total. The summed E-state index contributed by atoms with van der Waals surface area (Å²) in [6.45, 7) is 2.29. The van der Waals surface area contributed by atoms with E-state index in [1.165, 1.54) is 6.07 Å². The summed E-state index contributed by atoms with van der Waals surface area (Å²) < 4.78 is 13.5. The average molecular weight is 303 g/mol. The topological polar surface area (TPSA) is 45.2 Å². The van der Waals surface area contributed by atoms with Crippen LogP contribution in [0.2, 0.25) is 0 Å². The molecule has 3 rings (SSSR count). The monoisotopic (exact) mass is 303 g/mol. The Morgan fingerprint density at radius 1 is 1.43 bits per heavy atom. The molecule has 0 bridgehead atoms. The maximum atomic E-state index is 13.5. The minimum atomic E-state index is -0.330. The van der Waals surface area contributed by atoms with Crippen LogP contribution in [0.4, 0.5) is 20.6 Å². The van der Waals surface area contributed by atoms with Crippen molar-refractivity contribution in [2.45, 2.75) is 11.9 Å². The number of anilines is 2. The Morgan fingerprint density at radius 2 is 2.29 bits per heavy atom. The molecule has 0 radical (unpaired) electrons. The first-order chi connectivity index (χ1) is 10.1. The van der Waals surface area contributed by atoms with Crippen molar-refractivity contribution in [2.75, 3.05) is 22.5 Å². The van der Waals surface area contributed by atoms with Gasteiger partial charge in [0.05, 0.1) is 5.69 Å². The highest BCUT2D eigenvalue weighted by Crippen LogP contribution is 2.32. The van der Waals surface area contributed by atoms with Crippen LogP contribution in [0.5, 0.6) is 0 Å². The number of amides is 2. The maximum absolute atomic E-state index is 13.5. The van der Waals surface area contributed by atoms with Gasteiger partial charge in [-0.3, -0.25) is 4.90 Å². The summed E-state index contributed by atoms with van der Waals surface area (Å²) in [6.07, 6.45) is 1.71. The lowest BCUT2D eigenvalue weighted by Crippen LogP contribution is -2.38. The first-order valence-corrected chi connectivity index (χ1v) is 7.56. The molecule has 0 aliphatic carbocycles. The van der Waals surface area contributed by atoms with E-state index in [0.29, 0.717) is 17.8 Å². The summed E-state index contributed by atoms with van der Waals surface area (Å²) in [5.74, 6) is 0.462. The van der Waals surface area contributed by atoms with E-state index in [2.05, 4.69) is 10.3 Å². The van der Waals surface area contributed by atoms with E-state index in [1.54, 1.807) is 48.0 Å². The fourth-order valence-electron chi connectivity index (χ4n) is 2.13. The molecule has 1 aliphatic heterocycles. The fourth-order valence-corrected chi connectivity index (χ4v) is 3.05. The Kier molecular flexibility index (Phi) is 3.79. The lowest BCUT2D eigenvalue weighted by atomic mass is 10.2. The third kappa shape index (κ3) is 2.85. The fraction of sp³-hybridized carbons (Fsp3) is 0.200. The van der Waals surface area contributed by atoms with Gasteiger partial charge in [0.25, 0.3) is 0 Å². The number of carbonyl (C=O) groups is 1. The minimum Gasteiger partial charge on any atom is -0.307 e. The summed E-state index contributed by atoms with van der Waals surface area (Å²) >= 11 is 1.63. The van der Waals surface area contributed by atoms with Gasteiger partial charge in [0, 0.05) is 24.2 Å². The predicted molar refractivity (Wildman–Crippen MR) is 82.5 cm³/mol. The number of halogens is 1. The smallest absolute Gasteiger partial charge is 0.307 e. The van der Waals surface area contributed by atoms with Crippen LogP contribution < -0.4 is 10.2 Å².